The molecule has 166 valence electrons. The number of aromatic nitrogens is 4. The lowest BCUT2D eigenvalue weighted by Crippen LogP contribution is -2.15. The van der Waals surface area contributed by atoms with Crippen LogP contribution in [0.3, 0.4) is 0 Å². The highest BCUT2D eigenvalue weighted by molar-refractivity contribution is 7.68. The molecule has 15 nitrogen and oxygen atoms in total. The quantitative estimate of drug-likeness (QED) is 0.325. The number of fused-ring (bicyclic) bond motifs is 1. The van der Waals surface area contributed by atoms with E-state index in [-0.39, 0.29) is 12.2 Å². The van der Waals surface area contributed by atoms with Gasteiger partial charge in [-0.25, -0.2) is 32.8 Å². The zero-order chi connectivity index (χ0) is 22.3. The molecule has 2 aromatic rings. The Hall–Kier alpha value is -1.57. The minimum absolute atomic E-state index is 0.0586. The van der Waals surface area contributed by atoms with Crippen molar-refractivity contribution in [3.63, 3.8) is 0 Å². The zero-order valence-electron chi connectivity index (χ0n) is 14.6. The molecule has 0 spiro atoms. The van der Waals surface area contributed by atoms with Crippen LogP contribution in [-0.4, -0.2) is 51.5 Å². The van der Waals surface area contributed by atoms with Gasteiger partial charge in [0, 0.05) is 6.42 Å². The molecule has 0 aliphatic heterocycles. The van der Waals surface area contributed by atoms with Crippen molar-refractivity contribution in [1.29, 1.82) is 0 Å². The lowest BCUT2D eigenvalue weighted by molar-refractivity contribution is 0.0809. The summed E-state index contributed by atoms with van der Waals surface area (Å²) in [6.07, 6.45) is 1.06. The minimum Gasteiger partial charge on any atom is -0.382 e. The van der Waals surface area contributed by atoms with Crippen LogP contribution in [0.25, 0.3) is 11.2 Å². The second kappa shape index (κ2) is 8.17. The summed E-state index contributed by atoms with van der Waals surface area (Å²) in [6, 6.07) is -0.643. The van der Waals surface area contributed by atoms with E-state index in [0.717, 1.165) is 6.08 Å². The Morgan fingerprint density at radius 3 is 2.53 bits per heavy atom. The molecule has 0 aromatic carbocycles. The number of halogens is 1. The molecular weight excluding hydrogens is 474 g/mol. The molecule has 0 fully saturated rings. The van der Waals surface area contributed by atoms with Gasteiger partial charge in [0.05, 0.1) is 12.4 Å². The molecule has 2 aromatic heterocycles. The first kappa shape index (κ1) is 23.1. The van der Waals surface area contributed by atoms with Crippen LogP contribution in [0.5, 0.6) is 0 Å². The molecule has 0 amide bonds. The van der Waals surface area contributed by atoms with Crippen LogP contribution in [0.4, 0.5) is 10.2 Å². The number of imidazole rings is 1. The van der Waals surface area contributed by atoms with Crippen LogP contribution in [0.1, 0.15) is 12.5 Å². The van der Waals surface area contributed by atoms with Crippen molar-refractivity contribution < 1.29 is 51.0 Å². The Bertz CT molecular complexity index is 1130. The van der Waals surface area contributed by atoms with Crippen molar-refractivity contribution >= 4 is 40.2 Å². The third kappa shape index (κ3) is 5.56. The van der Waals surface area contributed by atoms with Crippen LogP contribution in [0.2, 0.25) is 0 Å². The Balaban J connectivity index is 1.65. The third-order valence-electron chi connectivity index (χ3n) is 3.74. The highest BCUT2D eigenvalue weighted by Crippen LogP contribution is 2.66. The monoisotopic (exact) mass is 489 g/mol. The van der Waals surface area contributed by atoms with Gasteiger partial charge in [0.2, 0.25) is 0 Å². The van der Waals surface area contributed by atoms with Crippen molar-refractivity contribution in [1.82, 2.24) is 19.5 Å². The summed E-state index contributed by atoms with van der Waals surface area (Å²) >= 11 is 0. The Kier molecular flexibility index (Phi) is 6.29. The first-order chi connectivity index (χ1) is 13.8. The van der Waals surface area contributed by atoms with Gasteiger partial charge in [0.15, 0.2) is 11.5 Å². The summed E-state index contributed by atoms with van der Waals surface area (Å²) < 4.78 is 61.8. The maximum absolute atomic E-state index is 14.2. The predicted octanol–water partition coefficient (Wildman–Crippen LogP) is 0.961. The van der Waals surface area contributed by atoms with Gasteiger partial charge in [-0.2, -0.15) is 4.31 Å². The van der Waals surface area contributed by atoms with E-state index in [1.54, 1.807) is 0 Å². The van der Waals surface area contributed by atoms with Gasteiger partial charge in [-0.3, -0.25) is 4.57 Å². The predicted molar refractivity (Wildman–Crippen MR) is 96.2 cm³/mol. The zero-order valence-corrected chi connectivity index (χ0v) is 17.3. The van der Waals surface area contributed by atoms with Crippen molar-refractivity contribution in [2.24, 2.45) is 0 Å². The number of phosphoric acid groups is 2. The van der Waals surface area contributed by atoms with Gasteiger partial charge in [-0.05, 0) is 6.08 Å². The van der Waals surface area contributed by atoms with Crippen LogP contribution >= 0.6 is 23.2 Å². The first-order valence-electron chi connectivity index (χ1n) is 7.81. The van der Waals surface area contributed by atoms with Crippen LogP contribution in [-0.2, 0) is 27.1 Å². The van der Waals surface area contributed by atoms with Gasteiger partial charge in [0.1, 0.15) is 30.1 Å². The molecule has 2 unspecified atom stereocenters. The van der Waals surface area contributed by atoms with Gasteiger partial charge < -0.3 is 34.6 Å². The number of nitrogens with two attached hydrogens (primary N) is 1. The van der Waals surface area contributed by atoms with Crippen molar-refractivity contribution in [3.05, 3.63) is 24.6 Å². The van der Waals surface area contributed by atoms with Crippen molar-refractivity contribution in [2.75, 3.05) is 12.1 Å². The van der Waals surface area contributed by atoms with Gasteiger partial charge in [0.25, 0.3) is 0 Å². The van der Waals surface area contributed by atoms with Crippen molar-refractivity contribution in [3.8, 4) is 0 Å². The number of allylic oxidation sites excluding steroid dienone is 1. The minimum atomic E-state index is -5.60. The van der Waals surface area contributed by atoms with E-state index in [0.29, 0.717) is 11.2 Å². The second-order valence-electron chi connectivity index (χ2n) is 5.98. The molecule has 1 aliphatic carbocycles. The number of hydrogen-bond acceptors (Lipinski definition) is 10. The molecule has 0 radical (unpaired) electrons. The summed E-state index contributed by atoms with van der Waals surface area (Å²) in [5, 5.41) is 0. The summed E-state index contributed by atoms with van der Waals surface area (Å²) in [5.41, 5.74) is 6.31. The SMILES string of the molecule is Nc1ncnc2c1ncn2[C@H]1C=C(F)[C@@H](OCP(=O)(O)OP(=O)(O)OP(=O)(O)O)C1. The second-order valence-corrected chi connectivity index (χ2v) is 10.7. The number of rotatable bonds is 8. The van der Waals surface area contributed by atoms with E-state index in [9.17, 15) is 23.0 Å². The van der Waals surface area contributed by atoms with E-state index in [1.807, 2.05) is 0 Å². The van der Waals surface area contributed by atoms with Crippen LogP contribution < -0.4 is 5.73 Å². The molecule has 0 saturated heterocycles. The summed E-state index contributed by atoms with van der Waals surface area (Å²) in [6.45, 7) is 0. The summed E-state index contributed by atoms with van der Waals surface area (Å²) in [5.74, 6) is -0.680. The van der Waals surface area contributed by atoms with Gasteiger partial charge >= 0.3 is 23.2 Å². The molecule has 0 bridgehead atoms. The number of nitrogen functional groups attached to an aromatic ring is 1. The molecule has 3 rings (SSSR count). The fraction of sp³-hybridized carbons (Fsp3) is 0.364. The topological polar surface area (TPSA) is 229 Å². The molecule has 4 atom stereocenters. The van der Waals surface area contributed by atoms with Crippen molar-refractivity contribution in [2.45, 2.75) is 18.6 Å². The van der Waals surface area contributed by atoms with Crippen LogP contribution in [0, 0.1) is 0 Å². The molecule has 30 heavy (non-hydrogen) atoms. The Morgan fingerprint density at radius 2 is 1.87 bits per heavy atom. The fourth-order valence-electron chi connectivity index (χ4n) is 2.66. The molecule has 1 aliphatic rings. The largest absolute Gasteiger partial charge is 0.488 e. The van der Waals surface area contributed by atoms with E-state index < -0.39 is 47.6 Å². The smallest absolute Gasteiger partial charge is 0.382 e. The highest BCUT2D eigenvalue weighted by atomic mass is 31.3. The van der Waals surface area contributed by atoms with Gasteiger partial charge in [-0.15, -0.1) is 0 Å². The normalized spacial score (nSPS) is 23.8. The summed E-state index contributed by atoms with van der Waals surface area (Å²) in [4.78, 5) is 47.5. The van der Waals surface area contributed by atoms with Crippen LogP contribution in [0.15, 0.2) is 24.6 Å². The van der Waals surface area contributed by atoms with E-state index >= 15 is 0 Å². The number of anilines is 1. The average Bonchev–Trinajstić information content (AvgIpc) is 3.14. The first-order valence-corrected chi connectivity index (χ1v) is 12.6. The standard InChI is InChI=1S/C11H15FN5O10P3/c12-7-1-6(17-4-16-9-10(13)14-3-15-11(9)17)2-8(7)25-5-28(18,19)26-30(23,24)27-29(20,21)22/h1,3-4,6,8H,2,5H2,(H,18,19)(H,23,24)(H2,13,14,15)(H2,20,21,22)/t6-,8-/m0/s1. The lowest BCUT2D eigenvalue weighted by atomic mass is 10.2. The number of nitrogens with zero attached hydrogens (tertiary/aromatic N) is 4. The molecule has 6 N–H and O–H groups in total. The Labute approximate surface area is 166 Å². The molecule has 19 heteroatoms. The Morgan fingerprint density at radius 1 is 1.17 bits per heavy atom. The van der Waals surface area contributed by atoms with E-state index in [1.165, 1.54) is 17.2 Å². The molecule has 2 heterocycles. The number of ether oxygens (including phenoxy) is 1. The fourth-order valence-corrected chi connectivity index (χ4v) is 5.97. The summed E-state index contributed by atoms with van der Waals surface area (Å²) in [7, 11) is -16.1. The van der Waals surface area contributed by atoms with E-state index in [2.05, 4.69) is 23.6 Å². The molecule has 0 saturated carbocycles. The maximum Gasteiger partial charge on any atom is 0.488 e. The maximum atomic E-state index is 14.2. The number of hydrogen-bond donors (Lipinski definition) is 5. The van der Waals surface area contributed by atoms with E-state index in [4.69, 9.17) is 25.2 Å². The average molecular weight is 489 g/mol. The highest BCUT2D eigenvalue weighted by Gasteiger charge is 2.41. The van der Waals surface area contributed by atoms with Gasteiger partial charge in [-0.1, -0.05) is 0 Å². The molecular formula is C11H15FN5O10P3. The lowest BCUT2D eigenvalue weighted by Gasteiger charge is -2.19. The third-order valence-corrected chi connectivity index (χ3v) is 7.74.